The number of carboxylic acid groups (broad SMARTS) is 1. The van der Waals surface area contributed by atoms with Crippen LogP contribution < -0.4 is 0 Å². The first-order valence-corrected chi connectivity index (χ1v) is 7.05. The lowest BCUT2D eigenvalue weighted by Crippen LogP contribution is -2.34. The van der Waals surface area contributed by atoms with Gasteiger partial charge in [0.1, 0.15) is 11.9 Å². The maximum atomic E-state index is 11.4. The maximum Gasteiger partial charge on any atom is 0.326 e. The van der Waals surface area contributed by atoms with Gasteiger partial charge in [-0.1, -0.05) is 6.42 Å². The Kier molecular flexibility index (Phi) is 3.26. The molecule has 0 amide bonds. The summed E-state index contributed by atoms with van der Waals surface area (Å²) in [6.45, 7) is 1.05. The van der Waals surface area contributed by atoms with Gasteiger partial charge in [0.25, 0.3) is 0 Å². The third kappa shape index (κ3) is 2.14. The van der Waals surface area contributed by atoms with E-state index in [4.69, 9.17) is 0 Å². The van der Waals surface area contributed by atoms with Gasteiger partial charge in [-0.25, -0.2) is 4.79 Å². The molecule has 0 radical (unpaired) electrons. The summed E-state index contributed by atoms with van der Waals surface area (Å²) in [4.78, 5) is 13.7. The monoisotopic (exact) mass is 264 g/mol. The molecule has 3 heterocycles. The SMILES string of the molecule is CN1CCCCC1c1nnc2n1C(C(=O)O)CCC2. The number of hydrogen-bond donors (Lipinski definition) is 1. The van der Waals surface area contributed by atoms with Gasteiger partial charge in [-0.2, -0.15) is 0 Å². The van der Waals surface area contributed by atoms with E-state index in [2.05, 4.69) is 22.1 Å². The van der Waals surface area contributed by atoms with E-state index in [1.165, 1.54) is 12.8 Å². The van der Waals surface area contributed by atoms with E-state index in [-0.39, 0.29) is 6.04 Å². The van der Waals surface area contributed by atoms with Gasteiger partial charge in [0.2, 0.25) is 0 Å². The molecule has 0 aliphatic carbocycles. The van der Waals surface area contributed by atoms with E-state index in [9.17, 15) is 9.90 Å². The molecule has 2 aliphatic heterocycles. The Labute approximate surface area is 112 Å². The molecule has 0 bridgehead atoms. The highest BCUT2D eigenvalue weighted by Gasteiger charge is 2.34. The van der Waals surface area contributed by atoms with Crippen molar-refractivity contribution >= 4 is 5.97 Å². The van der Waals surface area contributed by atoms with Crippen LogP contribution in [-0.4, -0.2) is 44.3 Å². The normalized spacial score (nSPS) is 28.1. The minimum Gasteiger partial charge on any atom is -0.480 e. The van der Waals surface area contributed by atoms with Gasteiger partial charge in [-0.3, -0.25) is 9.47 Å². The number of rotatable bonds is 2. The van der Waals surface area contributed by atoms with Gasteiger partial charge in [0.15, 0.2) is 5.82 Å². The topological polar surface area (TPSA) is 71.2 Å². The maximum absolute atomic E-state index is 11.4. The van der Waals surface area contributed by atoms with Gasteiger partial charge in [0.05, 0.1) is 6.04 Å². The summed E-state index contributed by atoms with van der Waals surface area (Å²) in [7, 11) is 2.09. The summed E-state index contributed by atoms with van der Waals surface area (Å²) in [6.07, 6.45) is 5.83. The first kappa shape index (κ1) is 12.6. The molecule has 2 atom stereocenters. The minimum atomic E-state index is -0.763. The lowest BCUT2D eigenvalue weighted by atomic mass is 10.00. The number of carboxylic acids is 1. The van der Waals surface area contributed by atoms with Crippen molar-refractivity contribution in [2.45, 2.75) is 50.6 Å². The molecular weight excluding hydrogens is 244 g/mol. The second-order valence-corrected chi connectivity index (χ2v) is 5.58. The van der Waals surface area contributed by atoms with E-state index in [1.807, 2.05) is 4.57 Å². The third-order valence-corrected chi connectivity index (χ3v) is 4.34. The van der Waals surface area contributed by atoms with Crippen molar-refractivity contribution in [3.05, 3.63) is 11.6 Å². The molecule has 19 heavy (non-hydrogen) atoms. The molecule has 0 saturated carbocycles. The zero-order valence-electron chi connectivity index (χ0n) is 11.2. The average molecular weight is 264 g/mol. The summed E-state index contributed by atoms with van der Waals surface area (Å²) in [5.41, 5.74) is 0. The van der Waals surface area contributed by atoms with Crippen LogP contribution in [0, 0.1) is 0 Å². The molecule has 1 aromatic rings. The second kappa shape index (κ2) is 4.92. The Morgan fingerprint density at radius 2 is 2.11 bits per heavy atom. The Balaban J connectivity index is 1.98. The lowest BCUT2D eigenvalue weighted by Gasteiger charge is -2.33. The molecule has 0 spiro atoms. The number of piperidine rings is 1. The fourth-order valence-corrected chi connectivity index (χ4v) is 3.29. The molecule has 2 unspecified atom stereocenters. The number of likely N-dealkylation sites (tertiary alicyclic amines) is 1. The largest absolute Gasteiger partial charge is 0.480 e. The van der Waals surface area contributed by atoms with E-state index >= 15 is 0 Å². The van der Waals surface area contributed by atoms with E-state index < -0.39 is 12.0 Å². The van der Waals surface area contributed by atoms with Crippen molar-refractivity contribution in [1.82, 2.24) is 19.7 Å². The molecule has 0 aromatic carbocycles. The number of aryl methyl sites for hydroxylation is 1. The molecule has 1 N–H and O–H groups in total. The van der Waals surface area contributed by atoms with Gasteiger partial charge < -0.3 is 5.11 Å². The molecule has 1 aromatic heterocycles. The number of nitrogens with zero attached hydrogens (tertiary/aromatic N) is 4. The predicted octanol–water partition coefficient (Wildman–Crippen LogP) is 1.40. The van der Waals surface area contributed by atoms with Crippen LogP contribution in [0.5, 0.6) is 0 Å². The first-order valence-electron chi connectivity index (χ1n) is 7.05. The Morgan fingerprint density at radius 1 is 1.26 bits per heavy atom. The van der Waals surface area contributed by atoms with Crippen LogP contribution in [0.15, 0.2) is 0 Å². The van der Waals surface area contributed by atoms with Gasteiger partial charge in [0, 0.05) is 6.42 Å². The molecule has 2 aliphatic rings. The number of aromatic nitrogens is 3. The van der Waals surface area contributed by atoms with Crippen molar-refractivity contribution in [3.8, 4) is 0 Å². The molecule has 3 rings (SSSR count). The van der Waals surface area contributed by atoms with Crippen molar-refractivity contribution in [2.24, 2.45) is 0 Å². The summed E-state index contributed by atoms with van der Waals surface area (Å²) in [5.74, 6) is 0.928. The fourth-order valence-electron chi connectivity index (χ4n) is 3.29. The Bertz CT molecular complexity index is 485. The highest BCUT2D eigenvalue weighted by molar-refractivity contribution is 5.72. The van der Waals surface area contributed by atoms with Crippen molar-refractivity contribution in [2.75, 3.05) is 13.6 Å². The van der Waals surface area contributed by atoms with Crippen LogP contribution in [0.1, 0.15) is 55.8 Å². The highest BCUT2D eigenvalue weighted by Crippen LogP contribution is 2.33. The van der Waals surface area contributed by atoms with Crippen LogP contribution in [0.4, 0.5) is 0 Å². The van der Waals surface area contributed by atoms with Crippen LogP contribution in [0.25, 0.3) is 0 Å². The first-order chi connectivity index (χ1) is 9.18. The number of carbonyl (C=O) groups is 1. The molecule has 1 saturated heterocycles. The van der Waals surface area contributed by atoms with E-state index in [0.717, 1.165) is 37.5 Å². The molecule has 1 fully saturated rings. The van der Waals surface area contributed by atoms with Crippen LogP contribution >= 0.6 is 0 Å². The quantitative estimate of drug-likeness (QED) is 0.874. The molecule has 6 heteroatoms. The number of aliphatic carboxylic acids is 1. The fraction of sp³-hybridized carbons (Fsp3) is 0.769. The van der Waals surface area contributed by atoms with Gasteiger partial charge in [-0.05, 0) is 39.3 Å². The Hall–Kier alpha value is -1.43. The number of hydrogen-bond acceptors (Lipinski definition) is 4. The average Bonchev–Trinajstić information content (AvgIpc) is 2.82. The number of fused-ring (bicyclic) bond motifs is 1. The Morgan fingerprint density at radius 3 is 2.84 bits per heavy atom. The van der Waals surface area contributed by atoms with Crippen molar-refractivity contribution < 1.29 is 9.90 Å². The zero-order chi connectivity index (χ0) is 13.4. The van der Waals surface area contributed by atoms with E-state index in [0.29, 0.717) is 6.42 Å². The molecule has 104 valence electrons. The van der Waals surface area contributed by atoms with E-state index in [1.54, 1.807) is 0 Å². The summed E-state index contributed by atoms with van der Waals surface area (Å²) >= 11 is 0. The lowest BCUT2D eigenvalue weighted by molar-refractivity contribution is -0.141. The summed E-state index contributed by atoms with van der Waals surface area (Å²) in [6, 6.07) is -0.265. The molecular formula is C13H20N4O2. The van der Waals surface area contributed by atoms with Crippen LogP contribution in [0.3, 0.4) is 0 Å². The summed E-state index contributed by atoms with van der Waals surface area (Å²) in [5, 5.41) is 17.9. The van der Waals surface area contributed by atoms with Crippen LogP contribution in [0.2, 0.25) is 0 Å². The molecule has 6 nitrogen and oxygen atoms in total. The second-order valence-electron chi connectivity index (χ2n) is 5.58. The third-order valence-electron chi connectivity index (χ3n) is 4.34. The van der Waals surface area contributed by atoms with Gasteiger partial charge in [-0.15, -0.1) is 10.2 Å². The predicted molar refractivity (Wildman–Crippen MR) is 68.9 cm³/mol. The minimum absolute atomic E-state index is 0.218. The van der Waals surface area contributed by atoms with Crippen LogP contribution in [-0.2, 0) is 11.2 Å². The standard InChI is InChI=1S/C13H20N4O2/c1-16-8-3-2-5-9(16)12-15-14-11-7-4-6-10(13(18)19)17(11)12/h9-10H,2-8H2,1H3,(H,18,19). The smallest absolute Gasteiger partial charge is 0.326 e. The van der Waals surface area contributed by atoms with Crippen molar-refractivity contribution in [1.29, 1.82) is 0 Å². The summed E-state index contributed by atoms with van der Waals surface area (Å²) < 4.78 is 1.89. The zero-order valence-corrected chi connectivity index (χ0v) is 11.2. The van der Waals surface area contributed by atoms with Crippen molar-refractivity contribution in [3.63, 3.8) is 0 Å². The highest BCUT2D eigenvalue weighted by atomic mass is 16.4. The van der Waals surface area contributed by atoms with Gasteiger partial charge >= 0.3 is 5.97 Å².